The van der Waals surface area contributed by atoms with Crippen LogP contribution in [0.2, 0.25) is 0 Å². The Bertz CT molecular complexity index is 434. The molecule has 0 spiro atoms. The number of rotatable bonds is 4. The van der Waals surface area contributed by atoms with Crippen molar-refractivity contribution in [3.63, 3.8) is 0 Å². The molecule has 0 saturated carbocycles. The highest BCUT2D eigenvalue weighted by Gasteiger charge is 2.23. The summed E-state index contributed by atoms with van der Waals surface area (Å²) < 4.78 is 0. The van der Waals surface area contributed by atoms with Gasteiger partial charge in [0.05, 0.1) is 0 Å². The lowest BCUT2D eigenvalue weighted by Crippen LogP contribution is -2.31. The van der Waals surface area contributed by atoms with E-state index in [9.17, 15) is 0 Å². The Morgan fingerprint density at radius 3 is 2.43 bits per heavy atom. The van der Waals surface area contributed by atoms with Crippen LogP contribution in [0.25, 0.3) is 0 Å². The second-order valence-corrected chi connectivity index (χ2v) is 6.91. The molecule has 1 aromatic rings. The summed E-state index contributed by atoms with van der Waals surface area (Å²) in [6, 6.07) is 10.2. The molecule has 0 amide bonds. The zero-order valence-corrected chi connectivity index (χ0v) is 13.5. The highest BCUT2D eigenvalue weighted by atomic mass is 15.2. The monoisotopic (exact) mass is 287 g/mol. The molecule has 2 saturated heterocycles. The number of nitrogens with one attached hydrogen (secondary N) is 1. The summed E-state index contributed by atoms with van der Waals surface area (Å²) >= 11 is 0. The fraction of sp³-hybridized carbons (Fsp3) is 0.667. The van der Waals surface area contributed by atoms with Crippen LogP contribution in [0.1, 0.15) is 36.3 Å². The van der Waals surface area contributed by atoms with Crippen LogP contribution < -0.4 is 5.32 Å². The van der Waals surface area contributed by atoms with Gasteiger partial charge < -0.3 is 10.2 Å². The Balaban J connectivity index is 1.55. The molecule has 3 nitrogen and oxygen atoms in total. The summed E-state index contributed by atoms with van der Waals surface area (Å²) in [5, 5.41) is 3.45. The van der Waals surface area contributed by atoms with E-state index >= 15 is 0 Å². The summed E-state index contributed by atoms with van der Waals surface area (Å²) in [6.45, 7) is 5.90. The van der Waals surface area contributed by atoms with Gasteiger partial charge >= 0.3 is 0 Å². The molecule has 0 radical (unpaired) electrons. The maximum Gasteiger partial charge on any atom is 0.0234 e. The van der Waals surface area contributed by atoms with Crippen molar-refractivity contribution in [3.8, 4) is 0 Å². The van der Waals surface area contributed by atoms with Crippen LogP contribution in [0, 0.1) is 0 Å². The van der Waals surface area contributed by atoms with Crippen molar-refractivity contribution in [2.24, 2.45) is 0 Å². The van der Waals surface area contributed by atoms with Crippen molar-refractivity contribution in [1.29, 1.82) is 0 Å². The highest BCUT2D eigenvalue weighted by Crippen LogP contribution is 2.25. The first-order valence-corrected chi connectivity index (χ1v) is 8.41. The quantitative estimate of drug-likeness (QED) is 0.916. The number of hydrogen-bond acceptors (Lipinski definition) is 3. The van der Waals surface area contributed by atoms with E-state index in [4.69, 9.17) is 0 Å². The highest BCUT2D eigenvalue weighted by molar-refractivity contribution is 5.26. The number of likely N-dealkylation sites (N-methyl/N-ethyl adjacent to an activating group) is 1. The van der Waals surface area contributed by atoms with E-state index < -0.39 is 0 Å². The minimum atomic E-state index is 0.735. The number of hydrogen-bond donors (Lipinski definition) is 1. The molecular weight excluding hydrogens is 258 g/mol. The van der Waals surface area contributed by atoms with Crippen molar-refractivity contribution in [1.82, 2.24) is 15.1 Å². The topological polar surface area (TPSA) is 18.5 Å². The first-order valence-electron chi connectivity index (χ1n) is 8.41. The van der Waals surface area contributed by atoms with Crippen LogP contribution in [0.3, 0.4) is 0 Å². The summed E-state index contributed by atoms with van der Waals surface area (Å²) in [6.07, 6.45) is 3.88. The van der Waals surface area contributed by atoms with Gasteiger partial charge in [-0.3, -0.25) is 4.90 Å². The van der Waals surface area contributed by atoms with Gasteiger partial charge in [-0.15, -0.1) is 0 Å². The molecule has 21 heavy (non-hydrogen) atoms. The summed E-state index contributed by atoms with van der Waals surface area (Å²) in [7, 11) is 4.39. The SMILES string of the molecule is CN(C)[C@H]1CCN(Cc2ccc(C3CCNCC3)cc2)C1. The lowest BCUT2D eigenvalue weighted by atomic mass is 9.90. The zero-order chi connectivity index (χ0) is 14.7. The molecule has 0 bridgehead atoms. The summed E-state index contributed by atoms with van der Waals surface area (Å²) in [5.74, 6) is 0.769. The van der Waals surface area contributed by atoms with Crippen LogP contribution in [0.15, 0.2) is 24.3 Å². The van der Waals surface area contributed by atoms with Gasteiger partial charge in [-0.25, -0.2) is 0 Å². The summed E-state index contributed by atoms with van der Waals surface area (Å²) in [4.78, 5) is 4.95. The molecule has 0 unspecified atom stereocenters. The van der Waals surface area contributed by atoms with Gasteiger partial charge in [-0.05, 0) is 63.5 Å². The molecule has 1 aromatic carbocycles. The molecular formula is C18H29N3. The Labute approximate surface area is 129 Å². The molecule has 2 heterocycles. The predicted molar refractivity (Wildman–Crippen MR) is 88.7 cm³/mol. The van der Waals surface area contributed by atoms with E-state index in [1.54, 1.807) is 0 Å². The predicted octanol–water partition coefficient (Wildman–Crippen LogP) is 2.29. The molecule has 1 N–H and O–H groups in total. The van der Waals surface area contributed by atoms with Crippen molar-refractivity contribution in [2.75, 3.05) is 40.3 Å². The van der Waals surface area contributed by atoms with Crippen LogP contribution >= 0.6 is 0 Å². The molecule has 2 aliphatic heterocycles. The van der Waals surface area contributed by atoms with Crippen LogP contribution in [-0.2, 0) is 6.54 Å². The maximum atomic E-state index is 3.45. The maximum absolute atomic E-state index is 3.45. The van der Waals surface area contributed by atoms with E-state index in [-0.39, 0.29) is 0 Å². The van der Waals surface area contributed by atoms with Gasteiger partial charge in [0, 0.05) is 25.7 Å². The molecule has 2 aliphatic rings. The molecule has 3 heteroatoms. The molecule has 116 valence electrons. The third kappa shape index (κ3) is 3.85. The van der Waals surface area contributed by atoms with Crippen molar-refractivity contribution >= 4 is 0 Å². The van der Waals surface area contributed by atoms with Crippen molar-refractivity contribution < 1.29 is 0 Å². The fourth-order valence-corrected chi connectivity index (χ4v) is 3.69. The van der Waals surface area contributed by atoms with Crippen LogP contribution in [0.5, 0.6) is 0 Å². The Hall–Kier alpha value is -0.900. The first kappa shape index (κ1) is 15.0. The Morgan fingerprint density at radius 2 is 1.81 bits per heavy atom. The van der Waals surface area contributed by atoms with Gasteiger partial charge in [0.25, 0.3) is 0 Å². The van der Waals surface area contributed by atoms with Crippen LogP contribution in [0.4, 0.5) is 0 Å². The van der Waals surface area contributed by atoms with Crippen molar-refractivity contribution in [3.05, 3.63) is 35.4 Å². The van der Waals surface area contributed by atoms with E-state index in [2.05, 4.69) is 53.5 Å². The third-order valence-electron chi connectivity index (χ3n) is 5.17. The largest absolute Gasteiger partial charge is 0.317 e. The minimum absolute atomic E-state index is 0.735. The van der Waals surface area contributed by atoms with E-state index in [0.717, 1.165) is 18.5 Å². The lowest BCUT2D eigenvalue weighted by Gasteiger charge is -2.23. The van der Waals surface area contributed by atoms with E-state index in [1.807, 2.05) is 0 Å². The second kappa shape index (κ2) is 6.91. The normalized spacial score (nSPS) is 24.8. The molecule has 2 fully saturated rings. The van der Waals surface area contributed by atoms with Crippen LogP contribution in [-0.4, -0.2) is 56.1 Å². The van der Waals surface area contributed by atoms with Gasteiger partial charge in [0.15, 0.2) is 0 Å². The van der Waals surface area contributed by atoms with Gasteiger partial charge in [-0.1, -0.05) is 24.3 Å². The van der Waals surface area contributed by atoms with Gasteiger partial charge in [-0.2, -0.15) is 0 Å². The smallest absolute Gasteiger partial charge is 0.0234 e. The van der Waals surface area contributed by atoms with Gasteiger partial charge in [0.1, 0.15) is 0 Å². The lowest BCUT2D eigenvalue weighted by molar-refractivity contribution is 0.264. The Morgan fingerprint density at radius 1 is 1.10 bits per heavy atom. The number of benzene rings is 1. The number of nitrogens with zero attached hydrogens (tertiary/aromatic N) is 2. The number of likely N-dealkylation sites (tertiary alicyclic amines) is 1. The minimum Gasteiger partial charge on any atom is -0.317 e. The first-order chi connectivity index (χ1) is 10.2. The summed E-state index contributed by atoms with van der Waals surface area (Å²) in [5.41, 5.74) is 3.00. The average Bonchev–Trinajstić information content (AvgIpc) is 2.98. The molecule has 1 atom stereocenters. The second-order valence-electron chi connectivity index (χ2n) is 6.91. The standard InChI is InChI=1S/C18H29N3/c1-20(2)18-9-12-21(14-18)13-15-3-5-16(6-4-15)17-7-10-19-11-8-17/h3-6,17-19H,7-14H2,1-2H3/t18-/m0/s1. The van der Waals surface area contributed by atoms with Crippen molar-refractivity contribution in [2.45, 2.75) is 37.8 Å². The number of piperidine rings is 1. The average molecular weight is 287 g/mol. The van der Waals surface area contributed by atoms with Gasteiger partial charge in [0.2, 0.25) is 0 Å². The molecule has 0 aromatic heterocycles. The molecule has 3 rings (SSSR count). The zero-order valence-electron chi connectivity index (χ0n) is 13.5. The Kier molecular flexibility index (Phi) is 4.94. The fourth-order valence-electron chi connectivity index (χ4n) is 3.69. The third-order valence-corrected chi connectivity index (χ3v) is 5.17. The molecule has 0 aliphatic carbocycles. The van der Waals surface area contributed by atoms with E-state index in [1.165, 1.54) is 56.6 Å². The van der Waals surface area contributed by atoms with E-state index in [0.29, 0.717) is 0 Å².